The minimum atomic E-state index is -0.473. The molecule has 0 N–H and O–H groups in total. The lowest BCUT2D eigenvalue weighted by Crippen LogP contribution is -2.19. The van der Waals surface area contributed by atoms with Gasteiger partial charge in [0.1, 0.15) is 0 Å². The zero-order chi connectivity index (χ0) is 35.2. The predicted molar refractivity (Wildman–Crippen MR) is 184 cm³/mol. The molecule has 280 valence electrons. The summed E-state index contributed by atoms with van der Waals surface area (Å²) in [6, 6.07) is 15.9. The van der Waals surface area contributed by atoms with Crippen LogP contribution in [-0.2, 0) is 57.2 Å². The van der Waals surface area contributed by atoms with Gasteiger partial charge in [0.05, 0.1) is 128 Å². The molecule has 0 aliphatic carbocycles. The molecule has 0 saturated carbocycles. The molecule has 0 amide bonds. The zero-order valence-electron chi connectivity index (χ0n) is 28.9. The van der Waals surface area contributed by atoms with Crippen molar-refractivity contribution in [3.05, 3.63) is 70.8 Å². The predicted octanol–water partition coefficient (Wildman–Crippen LogP) is 3.34. The van der Waals surface area contributed by atoms with Crippen LogP contribution in [0.3, 0.4) is 0 Å². The summed E-state index contributed by atoms with van der Waals surface area (Å²) in [5.74, 6) is 0. The van der Waals surface area contributed by atoms with E-state index < -0.39 is 25.2 Å². The molecule has 5 heterocycles. The summed E-state index contributed by atoms with van der Waals surface area (Å²) in [7, 11) is 0. The molecule has 0 saturated heterocycles. The lowest BCUT2D eigenvalue weighted by atomic mass is 10.0. The Kier molecular flexibility index (Phi) is 13.4. The van der Waals surface area contributed by atoms with E-state index in [-0.39, 0.29) is 0 Å². The lowest BCUT2D eigenvalue weighted by Gasteiger charge is -2.12. The molecule has 2 aromatic carbocycles. The highest BCUT2D eigenvalue weighted by atomic mass is 16.8. The van der Waals surface area contributed by atoms with E-state index in [4.69, 9.17) is 57.2 Å². The summed E-state index contributed by atoms with van der Waals surface area (Å²) >= 11 is 0. The van der Waals surface area contributed by atoms with E-state index in [1.54, 1.807) is 0 Å². The van der Waals surface area contributed by atoms with Crippen molar-refractivity contribution < 1.29 is 57.2 Å². The Bertz CT molecular complexity index is 1360. The van der Waals surface area contributed by atoms with Gasteiger partial charge < -0.3 is 57.2 Å². The van der Waals surface area contributed by atoms with Gasteiger partial charge in [0.25, 0.3) is 0 Å². The van der Waals surface area contributed by atoms with Gasteiger partial charge in [-0.15, -0.1) is 0 Å². The van der Waals surface area contributed by atoms with Crippen molar-refractivity contribution in [2.24, 2.45) is 20.6 Å². The summed E-state index contributed by atoms with van der Waals surface area (Å²) in [4.78, 5) is 22.0. The highest BCUT2D eigenvalue weighted by Gasteiger charge is 2.27. The highest BCUT2D eigenvalue weighted by molar-refractivity contribution is 6.07. The summed E-state index contributed by atoms with van der Waals surface area (Å²) in [5.41, 5.74) is 6.93. The molecule has 16 heteroatoms. The number of oxime groups is 4. The molecular weight excluding hydrogens is 680 g/mol. The third-order valence-corrected chi connectivity index (χ3v) is 8.49. The highest BCUT2D eigenvalue weighted by Crippen LogP contribution is 2.24. The molecule has 0 fully saturated rings. The van der Waals surface area contributed by atoms with Crippen molar-refractivity contribution in [1.29, 1.82) is 0 Å². The van der Waals surface area contributed by atoms with Crippen LogP contribution in [-0.4, -0.2) is 127 Å². The second-order valence-corrected chi connectivity index (χ2v) is 12.2. The Morgan fingerprint density at radius 3 is 0.865 bits per heavy atom. The van der Waals surface area contributed by atoms with E-state index in [2.05, 4.69) is 20.6 Å². The molecule has 7 rings (SSSR count). The molecule has 52 heavy (non-hydrogen) atoms. The summed E-state index contributed by atoms with van der Waals surface area (Å²) in [5, 5.41) is 17.0. The van der Waals surface area contributed by atoms with Crippen molar-refractivity contribution in [3.8, 4) is 0 Å². The normalized spacial score (nSPS) is 27.2. The van der Waals surface area contributed by atoms with E-state index >= 15 is 0 Å². The maximum absolute atomic E-state index is 5.81. The number of rotatable bonds is 0. The molecule has 0 spiro atoms. The van der Waals surface area contributed by atoms with Gasteiger partial charge in [-0.3, -0.25) is 0 Å². The van der Waals surface area contributed by atoms with Crippen molar-refractivity contribution in [2.75, 3.05) is 79.3 Å². The minimum absolute atomic E-state index is 0.367. The fourth-order valence-corrected chi connectivity index (χ4v) is 5.81. The van der Waals surface area contributed by atoms with Gasteiger partial charge in [-0.1, -0.05) is 57.0 Å². The second kappa shape index (κ2) is 19.2. The Morgan fingerprint density at radius 1 is 0.346 bits per heavy atom. The molecule has 0 unspecified atom stereocenters. The van der Waals surface area contributed by atoms with E-state index in [0.29, 0.717) is 105 Å². The van der Waals surface area contributed by atoms with Gasteiger partial charge in [0.2, 0.25) is 25.2 Å². The summed E-state index contributed by atoms with van der Waals surface area (Å²) in [6.45, 7) is 4.79. The number of benzene rings is 2. The fraction of sp³-hybridized carbons (Fsp3) is 0.556. The Labute approximate surface area is 301 Å². The van der Waals surface area contributed by atoms with Crippen LogP contribution in [0.2, 0.25) is 0 Å². The average Bonchev–Trinajstić information content (AvgIpc) is 4.01. The smallest absolute Gasteiger partial charge is 0.232 e. The summed E-state index contributed by atoms with van der Waals surface area (Å²) < 4.78 is 45.8. The second-order valence-electron chi connectivity index (χ2n) is 12.2. The Morgan fingerprint density at radius 2 is 0.596 bits per heavy atom. The largest absolute Gasteiger partial charge is 0.377 e. The van der Waals surface area contributed by atoms with Crippen molar-refractivity contribution in [1.82, 2.24) is 0 Å². The first-order chi connectivity index (χ1) is 25.8. The molecule has 4 atom stereocenters. The molecular formula is C36H44N4O12. The first-order valence-electron chi connectivity index (χ1n) is 17.7. The van der Waals surface area contributed by atoms with Crippen LogP contribution >= 0.6 is 0 Å². The van der Waals surface area contributed by atoms with Crippen LogP contribution in [0.25, 0.3) is 0 Å². The standard InChI is InChI=1S/C36H44N4O12/c1-3-25-19-26(4-1)30-22-34(50-38-30)46-16-12-42-8-10-44-14-18-48-36-24-32(40-52-36)28-6-2-5-27(20-28)31-23-35(51-39-31)47-17-13-43-9-7-41-11-15-45-33-21-29(25)37-49-33/h1-6,19-20,33-36H,7-18,21-24H2/t33-,34-,35+,36+. The molecule has 5 aliphatic rings. The quantitative estimate of drug-likeness (QED) is 0.391. The van der Waals surface area contributed by atoms with Crippen LogP contribution in [0, 0.1) is 0 Å². The first-order valence-corrected chi connectivity index (χ1v) is 17.7. The molecule has 12 bridgehead atoms. The first kappa shape index (κ1) is 36.4. The molecule has 2 aromatic rings. The lowest BCUT2D eigenvalue weighted by molar-refractivity contribution is -0.139. The van der Waals surface area contributed by atoms with E-state index in [1.165, 1.54) is 0 Å². The van der Waals surface area contributed by atoms with Crippen LogP contribution in [0.4, 0.5) is 0 Å². The van der Waals surface area contributed by atoms with Crippen molar-refractivity contribution >= 4 is 22.8 Å². The maximum Gasteiger partial charge on any atom is 0.232 e. The zero-order valence-corrected chi connectivity index (χ0v) is 28.9. The monoisotopic (exact) mass is 724 g/mol. The van der Waals surface area contributed by atoms with Crippen molar-refractivity contribution in [2.45, 2.75) is 50.8 Å². The third-order valence-electron chi connectivity index (χ3n) is 8.49. The van der Waals surface area contributed by atoms with Gasteiger partial charge in [0, 0.05) is 22.3 Å². The number of hydrogen-bond donors (Lipinski definition) is 0. The van der Waals surface area contributed by atoms with Crippen LogP contribution in [0.5, 0.6) is 0 Å². The van der Waals surface area contributed by atoms with Gasteiger partial charge in [-0.2, -0.15) is 0 Å². The Hall–Kier alpha value is -4.00. The van der Waals surface area contributed by atoms with Gasteiger partial charge in [-0.05, 0) is 12.1 Å². The number of hydrogen-bond acceptors (Lipinski definition) is 16. The number of nitrogens with zero attached hydrogens (tertiary/aromatic N) is 4. The number of fused-ring (bicyclic) bond motifs is 16. The van der Waals surface area contributed by atoms with Crippen LogP contribution in [0.1, 0.15) is 47.9 Å². The van der Waals surface area contributed by atoms with E-state index in [0.717, 1.165) is 45.1 Å². The van der Waals surface area contributed by atoms with E-state index in [9.17, 15) is 0 Å². The molecule has 5 aliphatic heterocycles. The van der Waals surface area contributed by atoms with Crippen LogP contribution < -0.4 is 0 Å². The van der Waals surface area contributed by atoms with Crippen LogP contribution in [0.15, 0.2) is 69.2 Å². The number of ether oxygens (including phenoxy) is 8. The van der Waals surface area contributed by atoms with Gasteiger partial charge in [0.15, 0.2) is 0 Å². The van der Waals surface area contributed by atoms with Gasteiger partial charge in [-0.25, -0.2) is 0 Å². The SMILES string of the molecule is c1cc2cc(c1)C1=NO[C@H](C1)OCCOCCOCCO[C@@H]1CC(=NO1)c1cccc(c1)C1=NO[C@@H](C1)OCCOCCOCCO[C@H]1CC2=NO1. The molecule has 0 radical (unpaired) electrons. The minimum Gasteiger partial charge on any atom is -0.377 e. The third kappa shape index (κ3) is 10.5. The topological polar surface area (TPSA) is 160 Å². The summed E-state index contributed by atoms with van der Waals surface area (Å²) in [6.07, 6.45) is 0.200. The fourth-order valence-electron chi connectivity index (χ4n) is 5.81. The maximum atomic E-state index is 5.81. The average molecular weight is 725 g/mol. The van der Waals surface area contributed by atoms with Gasteiger partial charge >= 0.3 is 0 Å². The van der Waals surface area contributed by atoms with E-state index in [1.807, 2.05) is 48.5 Å². The van der Waals surface area contributed by atoms with Crippen molar-refractivity contribution in [3.63, 3.8) is 0 Å². The Balaban J connectivity index is 0.862. The molecule has 16 nitrogen and oxygen atoms in total. The molecule has 0 aromatic heterocycles.